The molecule has 114 valence electrons. The number of hydrogen-bond donors (Lipinski definition) is 0. The molecule has 1 amide bonds. The lowest BCUT2D eigenvalue weighted by Gasteiger charge is -2.29. The molecule has 0 saturated heterocycles. The molecule has 1 heterocycles. The maximum Gasteiger partial charge on any atom is 0.233 e. The Morgan fingerprint density at radius 2 is 2.05 bits per heavy atom. The quantitative estimate of drug-likeness (QED) is 0.872. The number of halogens is 1. The third-order valence-corrected chi connectivity index (χ3v) is 4.48. The van der Waals surface area contributed by atoms with Gasteiger partial charge in [-0.15, -0.1) is 0 Å². The van der Waals surface area contributed by atoms with Crippen molar-refractivity contribution in [3.63, 3.8) is 0 Å². The summed E-state index contributed by atoms with van der Waals surface area (Å²) in [5, 5.41) is 0. The predicted octanol–water partition coefficient (Wildman–Crippen LogP) is 2.87. The van der Waals surface area contributed by atoms with E-state index in [1.165, 1.54) is 12.4 Å². The van der Waals surface area contributed by atoms with Crippen molar-refractivity contribution in [3.05, 3.63) is 59.9 Å². The maximum absolute atomic E-state index is 14.1. The van der Waals surface area contributed by atoms with Crippen molar-refractivity contribution in [2.75, 3.05) is 7.05 Å². The molecule has 1 atom stereocenters. The minimum absolute atomic E-state index is 0.0521. The predicted molar refractivity (Wildman–Crippen MR) is 80.5 cm³/mol. The van der Waals surface area contributed by atoms with Crippen LogP contribution in [0.5, 0.6) is 0 Å². The number of amides is 1. The van der Waals surface area contributed by atoms with Crippen LogP contribution in [-0.4, -0.2) is 27.8 Å². The van der Waals surface area contributed by atoms with Gasteiger partial charge in [0.25, 0.3) is 0 Å². The number of carbonyl (C=O) groups is 1. The zero-order valence-electron chi connectivity index (χ0n) is 12.7. The highest BCUT2D eigenvalue weighted by Crippen LogP contribution is 2.50. The maximum atomic E-state index is 14.1. The summed E-state index contributed by atoms with van der Waals surface area (Å²) >= 11 is 0. The number of hydrogen-bond acceptors (Lipinski definition) is 3. The van der Waals surface area contributed by atoms with Crippen molar-refractivity contribution in [1.82, 2.24) is 14.9 Å². The number of aromatic nitrogens is 2. The SMILES string of the molecule is CC(c1ccncn1)N(C)C(=O)C1(c2ccccc2F)CC1. The van der Waals surface area contributed by atoms with Gasteiger partial charge in [0.2, 0.25) is 5.91 Å². The fourth-order valence-electron chi connectivity index (χ4n) is 2.83. The van der Waals surface area contributed by atoms with Crippen molar-refractivity contribution in [2.45, 2.75) is 31.2 Å². The Kier molecular flexibility index (Phi) is 3.64. The second kappa shape index (κ2) is 5.48. The van der Waals surface area contributed by atoms with E-state index in [0.717, 1.165) is 5.69 Å². The average molecular weight is 299 g/mol. The van der Waals surface area contributed by atoms with Crippen LogP contribution in [0.25, 0.3) is 0 Å². The third-order valence-electron chi connectivity index (χ3n) is 4.48. The monoisotopic (exact) mass is 299 g/mol. The van der Waals surface area contributed by atoms with Crippen molar-refractivity contribution in [3.8, 4) is 0 Å². The van der Waals surface area contributed by atoms with E-state index in [9.17, 15) is 9.18 Å². The second-order valence-electron chi connectivity index (χ2n) is 5.79. The molecule has 0 N–H and O–H groups in total. The van der Waals surface area contributed by atoms with Gasteiger partial charge < -0.3 is 4.90 Å². The van der Waals surface area contributed by atoms with Gasteiger partial charge in [-0.2, -0.15) is 0 Å². The van der Waals surface area contributed by atoms with Crippen molar-refractivity contribution >= 4 is 5.91 Å². The van der Waals surface area contributed by atoms with E-state index in [4.69, 9.17) is 0 Å². The summed E-state index contributed by atoms with van der Waals surface area (Å²) in [5.74, 6) is -0.361. The number of nitrogens with zero attached hydrogens (tertiary/aromatic N) is 3. The van der Waals surface area contributed by atoms with Gasteiger partial charge in [0.05, 0.1) is 17.2 Å². The summed E-state index contributed by atoms with van der Waals surface area (Å²) < 4.78 is 14.1. The Balaban J connectivity index is 1.86. The molecule has 1 aromatic carbocycles. The van der Waals surface area contributed by atoms with Gasteiger partial charge in [0.15, 0.2) is 0 Å². The lowest BCUT2D eigenvalue weighted by atomic mass is 9.93. The Hall–Kier alpha value is -2.30. The molecule has 1 unspecified atom stereocenters. The fourth-order valence-corrected chi connectivity index (χ4v) is 2.83. The molecule has 0 bridgehead atoms. The first-order chi connectivity index (χ1) is 10.6. The molecule has 3 rings (SSSR count). The van der Waals surface area contributed by atoms with Crippen LogP contribution in [0.3, 0.4) is 0 Å². The Morgan fingerprint density at radius 1 is 1.32 bits per heavy atom. The Morgan fingerprint density at radius 3 is 2.64 bits per heavy atom. The molecule has 1 saturated carbocycles. The summed E-state index contributed by atoms with van der Waals surface area (Å²) in [5.41, 5.74) is 0.568. The number of carbonyl (C=O) groups excluding carboxylic acids is 1. The molecule has 1 aromatic heterocycles. The smallest absolute Gasteiger partial charge is 0.233 e. The number of likely N-dealkylation sites (N-methyl/N-ethyl adjacent to an activating group) is 1. The van der Waals surface area contributed by atoms with Crippen LogP contribution in [0.1, 0.15) is 37.1 Å². The highest BCUT2D eigenvalue weighted by atomic mass is 19.1. The van der Waals surface area contributed by atoms with E-state index >= 15 is 0 Å². The van der Waals surface area contributed by atoms with Gasteiger partial charge in [-0.25, -0.2) is 14.4 Å². The third kappa shape index (κ3) is 2.36. The van der Waals surface area contributed by atoms with Crippen molar-refractivity contribution in [1.29, 1.82) is 0 Å². The van der Waals surface area contributed by atoms with Crippen LogP contribution in [0.15, 0.2) is 42.9 Å². The van der Waals surface area contributed by atoms with Crippen LogP contribution in [0.4, 0.5) is 4.39 Å². The highest BCUT2D eigenvalue weighted by Gasteiger charge is 2.54. The lowest BCUT2D eigenvalue weighted by molar-refractivity contribution is -0.134. The van der Waals surface area contributed by atoms with Crippen LogP contribution in [-0.2, 0) is 10.2 Å². The Bertz CT molecular complexity index is 685. The number of benzene rings is 1. The molecule has 0 radical (unpaired) electrons. The zero-order valence-corrected chi connectivity index (χ0v) is 12.7. The van der Waals surface area contributed by atoms with Crippen LogP contribution >= 0.6 is 0 Å². The normalized spacial score (nSPS) is 16.9. The molecule has 4 nitrogen and oxygen atoms in total. The number of rotatable bonds is 4. The standard InChI is InChI=1S/C17H18FN3O/c1-12(15-7-10-19-11-20-15)21(2)16(22)17(8-9-17)13-5-3-4-6-14(13)18/h3-7,10-12H,8-9H2,1-2H3. The first-order valence-corrected chi connectivity index (χ1v) is 7.34. The van der Waals surface area contributed by atoms with Crippen LogP contribution in [0.2, 0.25) is 0 Å². The first-order valence-electron chi connectivity index (χ1n) is 7.34. The minimum Gasteiger partial charge on any atom is -0.337 e. The highest BCUT2D eigenvalue weighted by molar-refractivity contribution is 5.91. The largest absolute Gasteiger partial charge is 0.337 e. The molecule has 5 heteroatoms. The summed E-state index contributed by atoms with van der Waals surface area (Å²) in [7, 11) is 1.75. The van der Waals surface area contributed by atoms with Gasteiger partial charge in [-0.1, -0.05) is 18.2 Å². The topological polar surface area (TPSA) is 46.1 Å². The Labute approximate surface area is 129 Å². The van der Waals surface area contributed by atoms with Crippen molar-refractivity contribution in [2.24, 2.45) is 0 Å². The van der Waals surface area contributed by atoms with E-state index in [1.54, 1.807) is 42.4 Å². The fraction of sp³-hybridized carbons (Fsp3) is 0.353. The van der Waals surface area contributed by atoms with Gasteiger partial charge in [0.1, 0.15) is 12.1 Å². The molecule has 2 aromatic rings. The lowest BCUT2D eigenvalue weighted by Crippen LogP contribution is -2.38. The van der Waals surface area contributed by atoms with E-state index in [0.29, 0.717) is 18.4 Å². The summed E-state index contributed by atoms with van der Waals surface area (Å²) in [6.07, 6.45) is 4.50. The summed E-state index contributed by atoms with van der Waals surface area (Å²) in [6, 6.07) is 8.16. The minimum atomic E-state index is -0.707. The molecular weight excluding hydrogens is 281 g/mol. The van der Waals surface area contributed by atoms with Gasteiger partial charge in [-0.05, 0) is 31.9 Å². The zero-order chi connectivity index (χ0) is 15.7. The van der Waals surface area contributed by atoms with E-state index in [-0.39, 0.29) is 17.8 Å². The molecular formula is C17H18FN3O. The molecule has 0 aliphatic heterocycles. The summed E-state index contributed by atoms with van der Waals surface area (Å²) in [4.78, 5) is 22.6. The van der Waals surface area contributed by atoms with Crippen molar-refractivity contribution < 1.29 is 9.18 Å². The second-order valence-corrected chi connectivity index (χ2v) is 5.79. The summed E-state index contributed by atoms with van der Waals surface area (Å²) in [6.45, 7) is 1.91. The van der Waals surface area contributed by atoms with Crippen LogP contribution in [0, 0.1) is 5.82 Å². The van der Waals surface area contributed by atoms with Crippen LogP contribution < -0.4 is 0 Å². The molecule has 0 spiro atoms. The van der Waals surface area contributed by atoms with E-state index < -0.39 is 5.41 Å². The van der Waals surface area contributed by atoms with E-state index in [2.05, 4.69) is 9.97 Å². The van der Waals surface area contributed by atoms with Gasteiger partial charge >= 0.3 is 0 Å². The van der Waals surface area contributed by atoms with Gasteiger partial charge in [0, 0.05) is 18.8 Å². The van der Waals surface area contributed by atoms with Gasteiger partial charge in [-0.3, -0.25) is 4.79 Å². The average Bonchev–Trinajstić information content (AvgIpc) is 3.35. The molecule has 1 fully saturated rings. The molecule has 1 aliphatic carbocycles. The molecule has 1 aliphatic rings. The molecule has 22 heavy (non-hydrogen) atoms. The first kappa shape index (κ1) is 14.6. The van der Waals surface area contributed by atoms with E-state index in [1.807, 2.05) is 6.92 Å².